The van der Waals surface area contributed by atoms with Crippen LogP contribution in [0.2, 0.25) is 0 Å². The van der Waals surface area contributed by atoms with Crippen molar-refractivity contribution in [1.29, 1.82) is 0 Å². The van der Waals surface area contributed by atoms with Gasteiger partial charge in [0.15, 0.2) is 0 Å². The molecule has 3 rings (SSSR count). The van der Waals surface area contributed by atoms with Crippen molar-refractivity contribution in [1.82, 2.24) is 15.6 Å². The summed E-state index contributed by atoms with van der Waals surface area (Å²) in [6, 6.07) is 16.3. The van der Waals surface area contributed by atoms with Crippen LogP contribution in [-0.4, -0.2) is 16.8 Å². The number of benzene rings is 2. The van der Waals surface area contributed by atoms with Crippen molar-refractivity contribution in [2.75, 3.05) is 0 Å². The quantitative estimate of drug-likeness (QED) is 0.707. The van der Waals surface area contributed by atoms with Crippen molar-refractivity contribution in [3.8, 4) is 0 Å². The zero-order valence-corrected chi connectivity index (χ0v) is 14.5. The Kier molecular flexibility index (Phi) is 5.89. The van der Waals surface area contributed by atoms with Crippen LogP contribution < -0.4 is 10.6 Å². The lowest BCUT2D eigenvalue weighted by molar-refractivity contribution is 0.0950. The molecule has 0 aliphatic carbocycles. The second kappa shape index (κ2) is 8.71. The molecule has 5 nitrogen and oxygen atoms in total. The highest BCUT2D eigenvalue weighted by Gasteiger charge is 2.11. The third kappa shape index (κ3) is 4.98. The summed E-state index contributed by atoms with van der Waals surface area (Å²) in [5.74, 6) is -1.03. The molecule has 27 heavy (non-hydrogen) atoms. The van der Waals surface area contributed by atoms with Crippen LogP contribution in [0.4, 0.5) is 4.39 Å². The van der Waals surface area contributed by atoms with Crippen LogP contribution in [0.3, 0.4) is 0 Å². The minimum absolute atomic E-state index is 0.0734. The van der Waals surface area contributed by atoms with Gasteiger partial charge in [-0.1, -0.05) is 24.3 Å². The maximum atomic E-state index is 13.6. The highest BCUT2D eigenvalue weighted by atomic mass is 19.1. The Hall–Kier alpha value is -3.54. The highest BCUT2D eigenvalue weighted by Crippen LogP contribution is 2.09. The van der Waals surface area contributed by atoms with Gasteiger partial charge in [0, 0.05) is 42.2 Å². The number of carbonyl (C=O) groups is 2. The molecule has 2 aromatic carbocycles. The fourth-order valence-corrected chi connectivity index (χ4v) is 2.51. The van der Waals surface area contributed by atoms with Gasteiger partial charge in [-0.05, 0) is 42.0 Å². The summed E-state index contributed by atoms with van der Waals surface area (Å²) < 4.78 is 13.6. The molecule has 0 spiro atoms. The predicted molar refractivity (Wildman–Crippen MR) is 99.4 cm³/mol. The molecule has 136 valence electrons. The van der Waals surface area contributed by atoms with Gasteiger partial charge >= 0.3 is 0 Å². The van der Waals surface area contributed by atoms with Crippen LogP contribution >= 0.6 is 0 Å². The van der Waals surface area contributed by atoms with E-state index in [2.05, 4.69) is 15.6 Å². The van der Waals surface area contributed by atoms with Crippen LogP contribution in [-0.2, 0) is 13.1 Å². The van der Waals surface area contributed by atoms with Crippen molar-refractivity contribution in [2.45, 2.75) is 13.1 Å². The van der Waals surface area contributed by atoms with E-state index in [4.69, 9.17) is 0 Å². The van der Waals surface area contributed by atoms with E-state index >= 15 is 0 Å². The largest absolute Gasteiger partial charge is 0.348 e. The first-order valence-corrected chi connectivity index (χ1v) is 8.42. The van der Waals surface area contributed by atoms with Gasteiger partial charge in [0.2, 0.25) is 0 Å². The van der Waals surface area contributed by atoms with Gasteiger partial charge in [-0.2, -0.15) is 0 Å². The molecule has 1 heterocycles. The minimum Gasteiger partial charge on any atom is -0.348 e. The molecule has 0 saturated carbocycles. The van der Waals surface area contributed by atoms with Gasteiger partial charge in [-0.25, -0.2) is 4.39 Å². The Labute approximate surface area is 156 Å². The average molecular weight is 363 g/mol. The molecule has 0 atom stereocenters. The number of carbonyl (C=O) groups excluding carboxylic acids is 2. The van der Waals surface area contributed by atoms with Crippen molar-refractivity contribution in [2.24, 2.45) is 0 Å². The molecule has 0 radical (unpaired) electrons. The second-order valence-corrected chi connectivity index (χ2v) is 5.89. The molecule has 0 aliphatic heterocycles. The topological polar surface area (TPSA) is 71.1 Å². The van der Waals surface area contributed by atoms with Gasteiger partial charge < -0.3 is 10.6 Å². The normalized spacial score (nSPS) is 10.3. The van der Waals surface area contributed by atoms with Crippen LogP contribution in [0.25, 0.3) is 0 Å². The monoisotopic (exact) mass is 363 g/mol. The van der Waals surface area contributed by atoms with Crippen molar-refractivity contribution in [3.05, 3.63) is 101 Å². The summed E-state index contributed by atoms with van der Waals surface area (Å²) in [4.78, 5) is 28.5. The number of rotatable bonds is 6. The lowest BCUT2D eigenvalue weighted by Gasteiger charge is -2.09. The molecule has 1 aromatic heterocycles. The fraction of sp³-hybridized carbons (Fsp3) is 0.0952. The Bertz CT molecular complexity index is 945. The van der Waals surface area contributed by atoms with Crippen LogP contribution in [0, 0.1) is 5.82 Å². The molecule has 0 aliphatic rings. The molecule has 0 bridgehead atoms. The summed E-state index contributed by atoms with van der Waals surface area (Å²) in [5.41, 5.74) is 2.04. The van der Waals surface area contributed by atoms with Gasteiger partial charge in [-0.3, -0.25) is 14.6 Å². The number of nitrogens with zero attached hydrogens (tertiary/aromatic N) is 1. The summed E-state index contributed by atoms with van der Waals surface area (Å²) >= 11 is 0. The molecular formula is C21H18FN3O2. The molecule has 0 unspecified atom stereocenters. The average Bonchev–Trinajstić information content (AvgIpc) is 2.72. The number of halogens is 1. The zero-order chi connectivity index (χ0) is 19.1. The second-order valence-electron chi connectivity index (χ2n) is 5.89. The van der Waals surface area contributed by atoms with E-state index in [-0.39, 0.29) is 24.2 Å². The standard InChI is InChI=1S/C21H18FN3O2/c22-19-7-2-1-4-18(19)14-25-21(27)17-6-3-5-16(12-17)20(26)24-13-15-8-10-23-11-9-15/h1-12H,13-14H2,(H,24,26)(H,25,27). The Balaban J connectivity index is 1.61. The molecular weight excluding hydrogens is 345 g/mol. The third-order valence-electron chi connectivity index (χ3n) is 3.99. The number of nitrogens with one attached hydrogen (secondary N) is 2. The first-order valence-electron chi connectivity index (χ1n) is 8.42. The number of amides is 2. The Morgan fingerprint density at radius 2 is 1.44 bits per heavy atom. The minimum atomic E-state index is -0.373. The number of pyridine rings is 1. The van der Waals surface area contributed by atoms with E-state index in [9.17, 15) is 14.0 Å². The number of aromatic nitrogens is 1. The first kappa shape index (κ1) is 18.3. The summed E-state index contributed by atoms with van der Waals surface area (Å²) in [6.45, 7) is 0.440. The first-order chi connectivity index (χ1) is 13.1. The van der Waals surface area contributed by atoms with Crippen LogP contribution in [0.1, 0.15) is 31.8 Å². The molecule has 2 amide bonds. The summed E-state index contributed by atoms with van der Waals surface area (Å²) in [5, 5.41) is 5.46. The Morgan fingerprint density at radius 3 is 2.11 bits per heavy atom. The Morgan fingerprint density at radius 1 is 0.815 bits per heavy atom. The summed E-state index contributed by atoms with van der Waals surface area (Å²) in [6.07, 6.45) is 3.31. The molecule has 6 heteroatoms. The van der Waals surface area contributed by atoms with E-state index in [1.165, 1.54) is 12.1 Å². The maximum absolute atomic E-state index is 13.6. The molecule has 3 aromatic rings. The van der Waals surface area contributed by atoms with Crippen molar-refractivity contribution < 1.29 is 14.0 Å². The van der Waals surface area contributed by atoms with E-state index in [1.807, 2.05) is 12.1 Å². The smallest absolute Gasteiger partial charge is 0.251 e. The summed E-state index contributed by atoms with van der Waals surface area (Å²) in [7, 11) is 0. The maximum Gasteiger partial charge on any atom is 0.251 e. The number of hydrogen-bond donors (Lipinski definition) is 2. The zero-order valence-electron chi connectivity index (χ0n) is 14.5. The van der Waals surface area contributed by atoms with Gasteiger partial charge in [0.05, 0.1) is 0 Å². The van der Waals surface area contributed by atoms with E-state index < -0.39 is 0 Å². The van der Waals surface area contributed by atoms with E-state index in [1.54, 1.807) is 48.8 Å². The molecule has 2 N–H and O–H groups in total. The molecule has 0 saturated heterocycles. The fourth-order valence-electron chi connectivity index (χ4n) is 2.51. The lowest BCUT2D eigenvalue weighted by Crippen LogP contribution is -2.25. The van der Waals surface area contributed by atoms with Crippen molar-refractivity contribution in [3.63, 3.8) is 0 Å². The SMILES string of the molecule is O=C(NCc1ccncc1)c1cccc(C(=O)NCc2ccccc2F)c1. The predicted octanol–water partition coefficient (Wildman–Crippen LogP) is 3.08. The number of hydrogen-bond acceptors (Lipinski definition) is 3. The van der Waals surface area contributed by atoms with Crippen LogP contribution in [0.5, 0.6) is 0 Å². The highest BCUT2D eigenvalue weighted by molar-refractivity contribution is 5.99. The van der Waals surface area contributed by atoms with E-state index in [0.717, 1.165) is 5.56 Å². The van der Waals surface area contributed by atoms with Gasteiger partial charge in [-0.15, -0.1) is 0 Å². The third-order valence-corrected chi connectivity index (χ3v) is 3.99. The lowest BCUT2D eigenvalue weighted by atomic mass is 10.1. The van der Waals surface area contributed by atoms with Crippen molar-refractivity contribution >= 4 is 11.8 Å². The molecule has 0 fully saturated rings. The van der Waals surface area contributed by atoms with Gasteiger partial charge in [0.25, 0.3) is 11.8 Å². The van der Waals surface area contributed by atoms with Crippen LogP contribution in [0.15, 0.2) is 73.1 Å². The van der Waals surface area contributed by atoms with Gasteiger partial charge in [0.1, 0.15) is 5.82 Å². The van der Waals surface area contributed by atoms with E-state index in [0.29, 0.717) is 23.2 Å².